The Bertz CT molecular complexity index is 735. The van der Waals surface area contributed by atoms with Crippen molar-refractivity contribution in [3.63, 3.8) is 0 Å². The van der Waals surface area contributed by atoms with Crippen LogP contribution in [0.15, 0.2) is 24.4 Å². The number of carbonyl (C=O) groups is 1. The van der Waals surface area contributed by atoms with Crippen LogP contribution in [0, 0.1) is 5.82 Å². The second-order valence-corrected chi connectivity index (χ2v) is 4.71. The Morgan fingerprint density at radius 1 is 1.33 bits per heavy atom. The molecule has 2 amide bonds. The van der Waals surface area contributed by atoms with Gasteiger partial charge in [0.15, 0.2) is 0 Å². The van der Waals surface area contributed by atoms with Gasteiger partial charge in [0.2, 0.25) is 5.95 Å². The molecule has 3 rings (SSSR count). The van der Waals surface area contributed by atoms with Crippen molar-refractivity contribution in [1.29, 1.82) is 0 Å². The highest BCUT2D eigenvalue weighted by molar-refractivity contribution is 6.05. The minimum Gasteiger partial charge on any atom is -0.396 e. The Balaban J connectivity index is 2.04. The highest BCUT2D eigenvalue weighted by atomic mass is 19.1. The summed E-state index contributed by atoms with van der Waals surface area (Å²) in [5, 5.41) is 0. The van der Waals surface area contributed by atoms with Crippen molar-refractivity contribution in [2.45, 2.75) is 6.54 Å². The van der Waals surface area contributed by atoms with Crippen molar-refractivity contribution in [1.82, 2.24) is 9.97 Å². The first-order valence-corrected chi connectivity index (χ1v) is 6.19. The Kier molecular flexibility index (Phi) is 2.86. The van der Waals surface area contributed by atoms with E-state index in [1.807, 2.05) is 0 Å². The fraction of sp³-hybridized carbons (Fsp3) is 0.154. The van der Waals surface area contributed by atoms with Crippen molar-refractivity contribution in [3.8, 4) is 0 Å². The third kappa shape index (κ3) is 2.10. The van der Waals surface area contributed by atoms with Crippen LogP contribution in [-0.4, -0.2) is 23.0 Å². The predicted molar refractivity (Wildman–Crippen MR) is 77.2 cm³/mol. The molecule has 0 bridgehead atoms. The van der Waals surface area contributed by atoms with Crippen LogP contribution in [0.1, 0.15) is 5.56 Å². The number of hydrogen-bond donors (Lipinski definition) is 2. The van der Waals surface area contributed by atoms with Gasteiger partial charge >= 0.3 is 6.03 Å². The lowest BCUT2D eigenvalue weighted by molar-refractivity contribution is 0.251. The molecule has 8 heteroatoms. The summed E-state index contributed by atoms with van der Waals surface area (Å²) in [5.74, 6) is 0.0554. The van der Waals surface area contributed by atoms with Crippen LogP contribution in [0.4, 0.5) is 32.3 Å². The maximum absolute atomic E-state index is 13.3. The van der Waals surface area contributed by atoms with Gasteiger partial charge in [-0.15, -0.1) is 0 Å². The number of anilines is 4. The molecule has 0 spiro atoms. The monoisotopic (exact) mass is 288 g/mol. The van der Waals surface area contributed by atoms with Crippen LogP contribution >= 0.6 is 0 Å². The van der Waals surface area contributed by atoms with Crippen molar-refractivity contribution in [3.05, 3.63) is 35.8 Å². The molecule has 1 aromatic carbocycles. The van der Waals surface area contributed by atoms with E-state index in [9.17, 15) is 9.18 Å². The zero-order valence-electron chi connectivity index (χ0n) is 11.2. The molecule has 0 saturated heterocycles. The van der Waals surface area contributed by atoms with E-state index in [-0.39, 0.29) is 24.2 Å². The second-order valence-electron chi connectivity index (χ2n) is 4.71. The van der Waals surface area contributed by atoms with Crippen molar-refractivity contribution >= 4 is 29.2 Å². The Labute approximate surface area is 120 Å². The van der Waals surface area contributed by atoms with E-state index in [1.54, 1.807) is 13.2 Å². The van der Waals surface area contributed by atoms with Gasteiger partial charge in [-0.2, -0.15) is 4.98 Å². The van der Waals surface area contributed by atoms with E-state index < -0.39 is 5.82 Å². The molecule has 108 valence electrons. The van der Waals surface area contributed by atoms with E-state index in [0.717, 1.165) is 5.56 Å². The van der Waals surface area contributed by atoms with E-state index in [0.29, 0.717) is 11.5 Å². The minimum absolute atomic E-state index is 0.0118. The zero-order chi connectivity index (χ0) is 15.1. The summed E-state index contributed by atoms with van der Waals surface area (Å²) in [6.07, 6.45) is 1.57. The summed E-state index contributed by atoms with van der Waals surface area (Å²) in [6, 6.07) is 3.85. The summed E-state index contributed by atoms with van der Waals surface area (Å²) in [4.78, 5) is 23.2. The van der Waals surface area contributed by atoms with Crippen LogP contribution in [0.3, 0.4) is 0 Å². The number of urea groups is 1. The Morgan fingerprint density at radius 3 is 2.81 bits per heavy atom. The number of nitrogens with zero attached hydrogens (tertiary/aromatic N) is 4. The number of hydrogen-bond acceptors (Lipinski definition) is 5. The number of carbonyl (C=O) groups excluding carboxylic acids is 1. The second kappa shape index (κ2) is 4.58. The van der Waals surface area contributed by atoms with Gasteiger partial charge in [0.25, 0.3) is 0 Å². The van der Waals surface area contributed by atoms with Gasteiger partial charge in [-0.3, -0.25) is 9.80 Å². The van der Waals surface area contributed by atoms with Gasteiger partial charge in [-0.05, 0) is 18.2 Å². The number of nitrogens with two attached hydrogens (primary N) is 2. The fourth-order valence-corrected chi connectivity index (χ4v) is 2.22. The van der Waals surface area contributed by atoms with Crippen molar-refractivity contribution in [2.75, 3.05) is 28.3 Å². The number of nitrogen functional groups attached to an aromatic ring is 2. The molecule has 0 atom stereocenters. The normalized spacial score (nSPS) is 14.3. The number of benzene rings is 1. The molecule has 2 heterocycles. The van der Waals surface area contributed by atoms with Crippen LogP contribution in [0.2, 0.25) is 0 Å². The first-order valence-electron chi connectivity index (χ1n) is 6.19. The molecule has 7 nitrogen and oxygen atoms in total. The summed E-state index contributed by atoms with van der Waals surface area (Å²) in [7, 11) is 1.59. The van der Waals surface area contributed by atoms with Crippen molar-refractivity contribution < 1.29 is 9.18 Å². The molecule has 0 radical (unpaired) electrons. The maximum atomic E-state index is 13.3. The summed E-state index contributed by atoms with van der Waals surface area (Å²) < 4.78 is 13.3. The van der Waals surface area contributed by atoms with Gasteiger partial charge in [0.1, 0.15) is 11.6 Å². The van der Waals surface area contributed by atoms with E-state index in [1.165, 1.54) is 28.0 Å². The zero-order valence-corrected chi connectivity index (χ0v) is 11.2. The van der Waals surface area contributed by atoms with Gasteiger partial charge in [-0.1, -0.05) is 0 Å². The number of amides is 2. The lowest BCUT2D eigenvalue weighted by Crippen LogP contribution is -2.46. The highest BCUT2D eigenvalue weighted by Crippen LogP contribution is 2.30. The molecule has 0 unspecified atom stereocenters. The molecule has 1 aliphatic rings. The summed E-state index contributed by atoms with van der Waals surface area (Å²) in [5.41, 5.74) is 12.3. The maximum Gasteiger partial charge on any atom is 0.330 e. The molecule has 2 aromatic rings. The largest absolute Gasteiger partial charge is 0.396 e. The molecule has 1 aliphatic heterocycles. The van der Waals surface area contributed by atoms with Gasteiger partial charge in [-0.25, -0.2) is 14.2 Å². The molecule has 0 aliphatic carbocycles. The van der Waals surface area contributed by atoms with Gasteiger partial charge in [0.05, 0.1) is 12.2 Å². The third-order valence-corrected chi connectivity index (χ3v) is 3.32. The lowest BCUT2D eigenvalue weighted by Gasteiger charge is -2.34. The molecular formula is C13H13FN6O. The van der Waals surface area contributed by atoms with Crippen LogP contribution in [0.5, 0.6) is 0 Å². The van der Waals surface area contributed by atoms with Gasteiger partial charge in [0, 0.05) is 24.5 Å². The number of aromatic nitrogens is 2. The average molecular weight is 288 g/mol. The fourth-order valence-electron chi connectivity index (χ4n) is 2.22. The summed E-state index contributed by atoms with van der Waals surface area (Å²) in [6.45, 7) is 0.268. The van der Waals surface area contributed by atoms with Crippen LogP contribution in [0.25, 0.3) is 0 Å². The molecular weight excluding hydrogens is 275 g/mol. The number of rotatable bonds is 1. The van der Waals surface area contributed by atoms with Crippen LogP contribution < -0.4 is 21.3 Å². The standard InChI is InChI=1S/C13H13FN6O/c1-19-11-7(5-17-12(16)18-11)6-20(13(19)21)8-2-3-9(14)10(15)4-8/h2-5H,6,15H2,1H3,(H2,16,17,18). The van der Waals surface area contributed by atoms with Crippen LogP contribution in [-0.2, 0) is 6.54 Å². The van der Waals surface area contributed by atoms with E-state index in [2.05, 4.69) is 9.97 Å². The quantitative estimate of drug-likeness (QED) is 0.771. The van der Waals surface area contributed by atoms with Gasteiger partial charge < -0.3 is 11.5 Å². The molecule has 1 aromatic heterocycles. The Morgan fingerprint density at radius 2 is 2.10 bits per heavy atom. The highest BCUT2D eigenvalue weighted by Gasteiger charge is 2.30. The topological polar surface area (TPSA) is 101 Å². The third-order valence-electron chi connectivity index (χ3n) is 3.32. The molecule has 0 fully saturated rings. The van der Waals surface area contributed by atoms with Crippen molar-refractivity contribution in [2.24, 2.45) is 0 Å². The number of halogens is 1. The Hall–Kier alpha value is -2.90. The molecule has 0 saturated carbocycles. The molecule has 21 heavy (non-hydrogen) atoms. The SMILES string of the molecule is CN1C(=O)N(c2ccc(F)c(N)c2)Cc2cnc(N)nc21. The first-order chi connectivity index (χ1) is 9.97. The average Bonchev–Trinajstić information content (AvgIpc) is 2.46. The smallest absolute Gasteiger partial charge is 0.330 e. The first kappa shape index (κ1) is 13.1. The van der Waals surface area contributed by atoms with E-state index in [4.69, 9.17) is 11.5 Å². The van der Waals surface area contributed by atoms with E-state index >= 15 is 0 Å². The predicted octanol–water partition coefficient (Wildman–Crippen LogP) is 1.36. The number of fused-ring (bicyclic) bond motifs is 1. The summed E-state index contributed by atoms with van der Waals surface area (Å²) >= 11 is 0. The lowest BCUT2D eigenvalue weighted by atomic mass is 10.2. The molecule has 4 N–H and O–H groups in total. The minimum atomic E-state index is -0.520.